The average Bonchev–Trinajstić information content (AvgIpc) is 3.09. The number of pyridine rings is 1. The molecule has 1 aliphatic rings. The lowest BCUT2D eigenvalue weighted by Gasteiger charge is -2.29. The zero-order chi connectivity index (χ0) is 20.1. The van der Waals surface area contributed by atoms with E-state index in [2.05, 4.69) is 10.1 Å². The summed E-state index contributed by atoms with van der Waals surface area (Å²) in [6.45, 7) is 5.87. The average molecular weight is 388 g/mol. The van der Waals surface area contributed by atoms with Gasteiger partial charge in [0.15, 0.2) is 5.65 Å². The molecular formula is C19H21FN4O4. The van der Waals surface area contributed by atoms with Gasteiger partial charge in [-0.2, -0.15) is 4.52 Å². The van der Waals surface area contributed by atoms with Crippen molar-refractivity contribution in [2.24, 2.45) is 0 Å². The van der Waals surface area contributed by atoms with Crippen molar-refractivity contribution < 1.29 is 24.4 Å². The Hall–Kier alpha value is -2.59. The maximum atomic E-state index is 13.9. The molecule has 0 unspecified atom stereocenters. The standard InChI is InChI=1S/C19H21FN4O4/c1-11-8-15(20)12(2)7-14(11)13-9-16-21-18(19(25,26)27)22-24(16)17(10-13)23-3-5-28-6-4-23/h7-10,25-27H,3-6H2,1-2H3. The normalized spacial score (nSPS) is 15.4. The van der Waals surface area contributed by atoms with E-state index >= 15 is 0 Å². The fourth-order valence-electron chi connectivity index (χ4n) is 3.37. The van der Waals surface area contributed by atoms with E-state index in [0.29, 0.717) is 43.3 Å². The maximum Gasteiger partial charge on any atom is 0.342 e. The molecule has 8 nitrogen and oxygen atoms in total. The van der Waals surface area contributed by atoms with Crippen LogP contribution < -0.4 is 4.90 Å². The summed E-state index contributed by atoms with van der Waals surface area (Å²) in [5, 5.41) is 32.5. The molecule has 1 aromatic carbocycles. The molecule has 4 rings (SSSR count). The van der Waals surface area contributed by atoms with E-state index < -0.39 is 11.8 Å². The highest BCUT2D eigenvalue weighted by molar-refractivity contribution is 5.74. The Morgan fingerprint density at radius 2 is 1.75 bits per heavy atom. The fraction of sp³-hybridized carbons (Fsp3) is 0.368. The molecule has 3 aromatic rings. The number of halogens is 1. The van der Waals surface area contributed by atoms with Crippen molar-refractivity contribution in [1.82, 2.24) is 14.6 Å². The molecule has 9 heteroatoms. The predicted molar refractivity (Wildman–Crippen MR) is 99.2 cm³/mol. The van der Waals surface area contributed by atoms with Gasteiger partial charge < -0.3 is 25.0 Å². The van der Waals surface area contributed by atoms with E-state index in [9.17, 15) is 19.7 Å². The molecule has 1 aliphatic heterocycles. The van der Waals surface area contributed by atoms with Gasteiger partial charge in [0.05, 0.1) is 13.2 Å². The molecule has 3 N–H and O–H groups in total. The number of ether oxygens (including phenoxy) is 1. The van der Waals surface area contributed by atoms with Gasteiger partial charge >= 0.3 is 5.97 Å². The van der Waals surface area contributed by atoms with Gasteiger partial charge in [-0.3, -0.25) is 0 Å². The molecule has 0 amide bonds. The molecule has 0 bridgehead atoms. The molecule has 1 saturated heterocycles. The molecule has 2 aromatic heterocycles. The number of fused-ring (bicyclic) bond motifs is 1. The smallest absolute Gasteiger partial charge is 0.342 e. The second-order valence-corrected chi connectivity index (χ2v) is 6.96. The van der Waals surface area contributed by atoms with E-state index in [0.717, 1.165) is 16.7 Å². The molecule has 148 valence electrons. The zero-order valence-corrected chi connectivity index (χ0v) is 15.6. The van der Waals surface area contributed by atoms with Crippen LogP contribution in [0.5, 0.6) is 0 Å². The van der Waals surface area contributed by atoms with Crippen LogP contribution in [0.3, 0.4) is 0 Å². The van der Waals surface area contributed by atoms with Crippen LogP contribution in [0.15, 0.2) is 24.3 Å². The van der Waals surface area contributed by atoms with Gasteiger partial charge in [-0.1, -0.05) is 0 Å². The Labute approximate surface area is 160 Å². The topological polar surface area (TPSA) is 103 Å². The monoisotopic (exact) mass is 388 g/mol. The van der Waals surface area contributed by atoms with E-state index in [4.69, 9.17) is 4.74 Å². The number of hydrogen-bond donors (Lipinski definition) is 3. The van der Waals surface area contributed by atoms with Crippen molar-refractivity contribution in [1.29, 1.82) is 0 Å². The second kappa shape index (κ2) is 6.78. The first-order valence-corrected chi connectivity index (χ1v) is 8.92. The lowest BCUT2D eigenvalue weighted by molar-refractivity contribution is -0.328. The lowest BCUT2D eigenvalue weighted by atomic mass is 9.98. The molecule has 0 spiro atoms. The fourth-order valence-corrected chi connectivity index (χ4v) is 3.37. The third kappa shape index (κ3) is 3.33. The maximum absolute atomic E-state index is 13.9. The van der Waals surface area contributed by atoms with Gasteiger partial charge in [-0.05, 0) is 60.4 Å². The summed E-state index contributed by atoms with van der Waals surface area (Å²) in [6, 6.07) is 6.86. The van der Waals surface area contributed by atoms with Crippen LogP contribution in [0.25, 0.3) is 16.8 Å². The molecule has 28 heavy (non-hydrogen) atoms. The predicted octanol–water partition coefficient (Wildman–Crippen LogP) is 1.08. The van der Waals surface area contributed by atoms with Gasteiger partial charge in [0.1, 0.15) is 11.6 Å². The van der Waals surface area contributed by atoms with Crippen LogP contribution in [0, 0.1) is 19.7 Å². The van der Waals surface area contributed by atoms with E-state index in [-0.39, 0.29) is 5.82 Å². The first kappa shape index (κ1) is 18.8. The van der Waals surface area contributed by atoms with Crippen LogP contribution in [0.1, 0.15) is 17.0 Å². The number of morpholine rings is 1. The molecule has 1 fully saturated rings. The Balaban J connectivity index is 1.94. The largest absolute Gasteiger partial charge is 0.378 e. The van der Waals surface area contributed by atoms with Crippen LogP contribution in [0.4, 0.5) is 10.2 Å². The Morgan fingerprint density at radius 1 is 1.04 bits per heavy atom. The van der Waals surface area contributed by atoms with Crippen molar-refractivity contribution in [2.45, 2.75) is 19.8 Å². The zero-order valence-electron chi connectivity index (χ0n) is 15.6. The Morgan fingerprint density at radius 3 is 2.43 bits per heavy atom. The van der Waals surface area contributed by atoms with Gasteiger partial charge in [0.25, 0.3) is 0 Å². The first-order valence-electron chi connectivity index (χ1n) is 8.92. The minimum atomic E-state index is -3.14. The van der Waals surface area contributed by atoms with Crippen molar-refractivity contribution in [3.8, 4) is 11.1 Å². The summed E-state index contributed by atoms with van der Waals surface area (Å²) in [7, 11) is 0. The number of aromatic nitrogens is 3. The Bertz CT molecular complexity index is 1040. The highest BCUT2D eigenvalue weighted by atomic mass is 19.1. The summed E-state index contributed by atoms with van der Waals surface area (Å²) < 4.78 is 20.8. The van der Waals surface area contributed by atoms with Gasteiger partial charge in [0, 0.05) is 13.1 Å². The van der Waals surface area contributed by atoms with Crippen molar-refractivity contribution in [3.63, 3.8) is 0 Å². The van der Waals surface area contributed by atoms with Crippen molar-refractivity contribution in [2.75, 3.05) is 31.2 Å². The van der Waals surface area contributed by atoms with E-state index in [1.807, 2.05) is 17.9 Å². The highest BCUT2D eigenvalue weighted by Crippen LogP contribution is 2.31. The minimum Gasteiger partial charge on any atom is -0.378 e. The summed E-state index contributed by atoms with van der Waals surface area (Å²) in [5.41, 5.74) is 3.24. The van der Waals surface area contributed by atoms with Crippen LogP contribution in [-0.2, 0) is 10.7 Å². The van der Waals surface area contributed by atoms with Gasteiger partial charge in [-0.15, -0.1) is 5.10 Å². The third-order valence-corrected chi connectivity index (χ3v) is 4.87. The molecule has 0 radical (unpaired) electrons. The number of nitrogens with zero attached hydrogens (tertiary/aromatic N) is 4. The number of aryl methyl sites for hydroxylation is 2. The number of anilines is 1. The molecule has 0 atom stereocenters. The summed E-state index contributed by atoms with van der Waals surface area (Å²) >= 11 is 0. The van der Waals surface area contributed by atoms with Crippen LogP contribution >= 0.6 is 0 Å². The van der Waals surface area contributed by atoms with Gasteiger partial charge in [0.2, 0.25) is 5.82 Å². The van der Waals surface area contributed by atoms with Crippen molar-refractivity contribution in [3.05, 3.63) is 47.0 Å². The minimum absolute atomic E-state index is 0.272. The number of aliphatic hydroxyl groups is 3. The third-order valence-electron chi connectivity index (χ3n) is 4.87. The Kier molecular flexibility index (Phi) is 4.54. The quantitative estimate of drug-likeness (QED) is 0.577. The molecule has 0 saturated carbocycles. The number of benzene rings is 1. The lowest BCUT2D eigenvalue weighted by Crippen LogP contribution is -2.37. The molecular weight excluding hydrogens is 367 g/mol. The number of hydrogen-bond acceptors (Lipinski definition) is 7. The van der Waals surface area contributed by atoms with E-state index in [1.54, 1.807) is 19.1 Å². The highest BCUT2D eigenvalue weighted by Gasteiger charge is 2.29. The second-order valence-electron chi connectivity index (χ2n) is 6.96. The first-order chi connectivity index (χ1) is 13.2. The van der Waals surface area contributed by atoms with Crippen molar-refractivity contribution >= 4 is 11.5 Å². The van der Waals surface area contributed by atoms with Crippen LogP contribution in [0.2, 0.25) is 0 Å². The summed E-state index contributed by atoms with van der Waals surface area (Å²) in [6.07, 6.45) is 0. The number of rotatable bonds is 3. The van der Waals surface area contributed by atoms with Gasteiger partial charge in [-0.25, -0.2) is 9.37 Å². The molecule has 3 heterocycles. The van der Waals surface area contributed by atoms with Crippen LogP contribution in [-0.4, -0.2) is 56.2 Å². The van der Waals surface area contributed by atoms with E-state index in [1.165, 1.54) is 10.6 Å². The molecule has 0 aliphatic carbocycles. The summed E-state index contributed by atoms with van der Waals surface area (Å²) in [4.78, 5) is 6.10. The SMILES string of the molecule is Cc1cc(-c2cc(N3CCOCC3)n3nc(C(O)(O)O)nc3c2)c(C)cc1F. The summed E-state index contributed by atoms with van der Waals surface area (Å²) in [5.74, 6) is -3.27.